The zero-order valence-corrected chi connectivity index (χ0v) is 14.2. The highest BCUT2D eigenvalue weighted by molar-refractivity contribution is 5.89. The van der Waals surface area contributed by atoms with Crippen LogP contribution in [0.2, 0.25) is 0 Å². The van der Waals surface area contributed by atoms with Crippen LogP contribution < -0.4 is 0 Å². The first-order valence-electron chi connectivity index (χ1n) is 8.60. The van der Waals surface area contributed by atoms with E-state index in [9.17, 15) is 9.59 Å². The number of unbranched alkanes of at least 4 members (excludes halogenated alkanes) is 7. The second kappa shape index (κ2) is 16.5. The van der Waals surface area contributed by atoms with Crippen molar-refractivity contribution in [3.05, 3.63) is 48.6 Å². The van der Waals surface area contributed by atoms with Crippen molar-refractivity contribution in [2.24, 2.45) is 0 Å². The average molecular weight is 318 g/mol. The number of ketones is 1. The number of aliphatic carboxylic acids is 1. The maximum atomic E-state index is 11.6. The largest absolute Gasteiger partial charge is 0.478 e. The third-order valence-electron chi connectivity index (χ3n) is 3.35. The van der Waals surface area contributed by atoms with Crippen molar-refractivity contribution in [2.75, 3.05) is 0 Å². The van der Waals surface area contributed by atoms with Crippen molar-refractivity contribution >= 4 is 11.8 Å². The van der Waals surface area contributed by atoms with Gasteiger partial charge in [0.25, 0.3) is 0 Å². The lowest BCUT2D eigenvalue weighted by atomic mass is 10.1. The van der Waals surface area contributed by atoms with Crippen molar-refractivity contribution in [1.82, 2.24) is 0 Å². The molecule has 23 heavy (non-hydrogen) atoms. The molecule has 0 aromatic carbocycles. The number of carboxylic acids is 1. The molecular weight excluding hydrogens is 288 g/mol. The van der Waals surface area contributed by atoms with Crippen molar-refractivity contribution < 1.29 is 14.7 Å². The first kappa shape index (κ1) is 21.1. The van der Waals surface area contributed by atoms with Gasteiger partial charge >= 0.3 is 5.97 Å². The third kappa shape index (κ3) is 18.1. The fraction of sp³-hybridized carbons (Fsp3) is 0.500. The molecule has 0 aromatic heterocycles. The minimum atomic E-state index is -0.968. The number of carbonyl (C=O) groups excluding carboxylic acids is 1. The highest BCUT2D eigenvalue weighted by atomic mass is 16.4. The first-order chi connectivity index (χ1) is 11.2. The zero-order valence-electron chi connectivity index (χ0n) is 14.2. The molecule has 0 aliphatic rings. The van der Waals surface area contributed by atoms with Crippen LogP contribution in [-0.2, 0) is 9.59 Å². The Hall–Kier alpha value is -1.90. The molecule has 3 heteroatoms. The van der Waals surface area contributed by atoms with Gasteiger partial charge < -0.3 is 5.11 Å². The second-order valence-electron chi connectivity index (χ2n) is 5.52. The summed E-state index contributed by atoms with van der Waals surface area (Å²) in [5.41, 5.74) is 0. The molecule has 3 nitrogen and oxygen atoms in total. The summed E-state index contributed by atoms with van der Waals surface area (Å²) in [6.45, 7) is 2.22. The van der Waals surface area contributed by atoms with E-state index < -0.39 is 5.97 Å². The fourth-order valence-corrected chi connectivity index (χ4v) is 2.07. The topological polar surface area (TPSA) is 54.4 Å². The van der Waals surface area contributed by atoms with E-state index in [0.717, 1.165) is 18.9 Å². The molecule has 0 aliphatic heterocycles. The van der Waals surface area contributed by atoms with Crippen LogP contribution in [0.4, 0.5) is 0 Å². The summed E-state index contributed by atoms with van der Waals surface area (Å²) >= 11 is 0. The summed E-state index contributed by atoms with van der Waals surface area (Å²) in [7, 11) is 0. The SMILES string of the molecule is CCCCCCCCCCC(=O)C=CC=CC=CC=CC(=O)O. The Morgan fingerprint density at radius 3 is 1.74 bits per heavy atom. The summed E-state index contributed by atoms with van der Waals surface area (Å²) in [6.07, 6.45) is 23.2. The van der Waals surface area contributed by atoms with E-state index >= 15 is 0 Å². The molecule has 128 valence electrons. The van der Waals surface area contributed by atoms with Crippen molar-refractivity contribution in [3.63, 3.8) is 0 Å². The van der Waals surface area contributed by atoms with Gasteiger partial charge in [-0.15, -0.1) is 0 Å². The monoisotopic (exact) mass is 318 g/mol. The molecule has 1 N–H and O–H groups in total. The number of carboxylic acid groups (broad SMARTS) is 1. The predicted molar refractivity (Wildman–Crippen MR) is 96.4 cm³/mol. The van der Waals surface area contributed by atoms with E-state index in [1.54, 1.807) is 36.5 Å². The molecular formula is C20H30O3. The molecule has 0 aromatic rings. The average Bonchev–Trinajstić information content (AvgIpc) is 2.52. The standard InChI is InChI=1S/C20H30O3/c1-2-3-4-5-6-7-10-13-16-19(21)17-14-11-8-9-12-15-18-20(22)23/h8-9,11-12,14-15,17-18H,2-7,10,13,16H2,1H3,(H,22,23). The molecule has 0 spiro atoms. The highest BCUT2D eigenvalue weighted by Gasteiger charge is 1.96. The van der Waals surface area contributed by atoms with Crippen LogP contribution in [0.3, 0.4) is 0 Å². The molecule has 0 fully saturated rings. The zero-order chi connectivity index (χ0) is 17.2. The lowest BCUT2D eigenvalue weighted by Gasteiger charge is -2.00. The Labute approximate surface area is 140 Å². The fourth-order valence-electron chi connectivity index (χ4n) is 2.07. The summed E-state index contributed by atoms with van der Waals surface area (Å²) in [6, 6.07) is 0. The van der Waals surface area contributed by atoms with Crippen LogP contribution in [0.25, 0.3) is 0 Å². The molecule has 0 saturated heterocycles. The van der Waals surface area contributed by atoms with E-state index in [1.165, 1.54) is 44.6 Å². The molecule has 0 rings (SSSR count). The van der Waals surface area contributed by atoms with Gasteiger partial charge in [-0.05, 0) is 12.5 Å². The first-order valence-corrected chi connectivity index (χ1v) is 8.60. The Morgan fingerprint density at radius 1 is 0.696 bits per heavy atom. The molecule has 0 amide bonds. The van der Waals surface area contributed by atoms with E-state index in [4.69, 9.17) is 5.11 Å². The lowest BCUT2D eigenvalue weighted by Crippen LogP contribution is -1.92. The summed E-state index contributed by atoms with van der Waals surface area (Å²) in [5, 5.41) is 8.38. The van der Waals surface area contributed by atoms with Crippen molar-refractivity contribution in [3.8, 4) is 0 Å². The number of allylic oxidation sites excluding steroid dienone is 7. The van der Waals surface area contributed by atoms with Gasteiger partial charge in [0, 0.05) is 12.5 Å². The molecule has 0 heterocycles. The highest BCUT2D eigenvalue weighted by Crippen LogP contribution is 2.09. The van der Waals surface area contributed by atoms with Crippen LogP contribution in [-0.4, -0.2) is 16.9 Å². The van der Waals surface area contributed by atoms with Crippen LogP contribution in [0.1, 0.15) is 64.7 Å². The Morgan fingerprint density at radius 2 is 1.17 bits per heavy atom. The third-order valence-corrected chi connectivity index (χ3v) is 3.35. The minimum absolute atomic E-state index is 0.162. The molecule has 0 unspecified atom stereocenters. The van der Waals surface area contributed by atoms with Gasteiger partial charge in [-0.1, -0.05) is 88.3 Å². The Bertz CT molecular complexity index is 428. The van der Waals surface area contributed by atoms with Gasteiger partial charge in [-0.3, -0.25) is 4.79 Å². The van der Waals surface area contributed by atoms with Gasteiger partial charge in [0.15, 0.2) is 5.78 Å². The van der Waals surface area contributed by atoms with Crippen LogP contribution >= 0.6 is 0 Å². The maximum Gasteiger partial charge on any atom is 0.328 e. The van der Waals surface area contributed by atoms with E-state index in [1.807, 2.05) is 0 Å². The Balaban J connectivity index is 3.60. The molecule has 0 bridgehead atoms. The quantitative estimate of drug-likeness (QED) is 0.265. The lowest BCUT2D eigenvalue weighted by molar-refractivity contribution is -0.131. The summed E-state index contributed by atoms with van der Waals surface area (Å²) in [4.78, 5) is 21.8. The van der Waals surface area contributed by atoms with Crippen LogP contribution in [0, 0.1) is 0 Å². The Kier molecular flexibility index (Phi) is 15.1. The van der Waals surface area contributed by atoms with E-state index in [-0.39, 0.29) is 5.78 Å². The smallest absolute Gasteiger partial charge is 0.328 e. The minimum Gasteiger partial charge on any atom is -0.478 e. The van der Waals surface area contributed by atoms with Crippen molar-refractivity contribution in [1.29, 1.82) is 0 Å². The summed E-state index contributed by atoms with van der Waals surface area (Å²) in [5.74, 6) is -0.805. The van der Waals surface area contributed by atoms with Gasteiger partial charge in [-0.25, -0.2) is 4.79 Å². The van der Waals surface area contributed by atoms with Crippen LogP contribution in [0.15, 0.2) is 48.6 Å². The maximum absolute atomic E-state index is 11.6. The summed E-state index contributed by atoms with van der Waals surface area (Å²) < 4.78 is 0. The normalized spacial score (nSPS) is 12.2. The van der Waals surface area contributed by atoms with Crippen LogP contribution in [0.5, 0.6) is 0 Å². The van der Waals surface area contributed by atoms with Crippen molar-refractivity contribution in [2.45, 2.75) is 64.7 Å². The number of rotatable bonds is 14. The van der Waals surface area contributed by atoms with Gasteiger partial charge in [0.1, 0.15) is 0 Å². The molecule has 0 radical (unpaired) electrons. The molecule has 0 atom stereocenters. The van der Waals surface area contributed by atoms with Gasteiger partial charge in [-0.2, -0.15) is 0 Å². The molecule has 0 aliphatic carbocycles. The van der Waals surface area contributed by atoms with Gasteiger partial charge in [0.05, 0.1) is 0 Å². The van der Waals surface area contributed by atoms with E-state index in [2.05, 4.69) is 6.92 Å². The molecule has 0 saturated carbocycles. The van der Waals surface area contributed by atoms with E-state index in [0.29, 0.717) is 6.42 Å². The second-order valence-corrected chi connectivity index (χ2v) is 5.52. The van der Waals surface area contributed by atoms with Gasteiger partial charge in [0.2, 0.25) is 0 Å². The number of hydrogen-bond acceptors (Lipinski definition) is 2. The number of hydrogen-bond donors (Lipinski definition) is 1. The predicted octanol–water partition coefficient (Wildman–Crippen LogP) is 5.40. The number of carbonyl (C=O) groups is 2.